The van der Waals surface area contributed by atoms with Gasteiger partial charge in [0.15, 0.2) is 0 Å². The van der Waals surface area contributed by atoms with Crippen LogP contribution in [0.4, 0.5) is 0 Å². The maximum Gasteiger partial charge on any atom is 0.108 e. The van der Waals surface area contributed by atoms with E-state index in [9.17, 15) is 5.11 Å². The average molecular weight is 220 g/mol. The van der Waals surface area contributed by atoms with Crippen LogP contribution in [0.3, 0.4) is 0 Å². The van der Waals surface area contributed by atoms with E-state index in [1.165, 1.54) is 12.8 Å². The van der Waals surface area contributed by atoms with Crippen molar-refractivity contribution in [3.05, 3.63) is 35.9 Å². The minimum Gasteiger partial charge on any atom is -0.390 e. The summed E-state index contributed by atoms with van der Waals surface area (Å²) in [5.74, 6) is 0.724. The van der Waals surface area contributed by atoms with Gasteiger partial charge in [0.05, 0.1) is 6.10 Å². The molecule has 0 amide bonds. The van der Waals surface area contributed by atoms with E-state index in [0.29, 0.717) is 6.61 Å². The average Bonchev–Trinajstić information content (AvgIpc) is 3.11. The Morgan fingerprint density at radius 1 is 1.31 bits per heavy atom. The fourth-order valence-corrected chi connectivity index (χ4v) is 2.07. The highest BCUT2D eigenvalue weighted by Crippen LogP contribution is 2.37. The fourth-order valence-electron chi connectivity index (χ4n) is 2.07. The number of benzene rings is 1. The lowest BCUT2D eigenvalue weighted by atomic mass is 10.00. The molecule has 1 aliphatic rings. The van der Waals surface area contributed by atoms with Crippen LogP contribution >= 0.6 is 0 Å². The summed E-state index contributed by atoms with van der Waals surface area (Å²) >= 11 is 0. The van der Waals surface area contributed by atoms with E-state index in [1.54, 1.807) is 0 Å². The zero-order chi connectivity index (χ0) is 11.4. The van der Waals surface area contributed by atoms with Crippen LogP contribution in [0.15, 0.2) is 30.3 Å². The number of aliphatic hydroxyl groups is 1. The van der Waals surface area contributed by atoms with Gasteiger partial charge in [-0.05, 0) is 24.8 Å². The van der Waals surface area contributed by atoms with Crippen molar-refractivity contribution in [1.29, 1.82) is 0 Å². The maximum absolute atomic E-state index is 10.2. The number of hydrogen-bond donors (Lipinski definition) is 1. The van der Waals surface area contributed by atoms with Crippen molar-refractivity contribution in [1.82, 2.24) is 0 Å². The Labute approximate surface area is 97.3 Å². The van der Waals surface area contributed by atoms with E-state index >= 15 is 0 Å². The van der Waals surface area contributed by atoms with Gasteiger partial charge in [-0.15, -0.1) is 0 Å². The second-order valence-electron chi connectivity index (χ2n) is 4.53. The van der Waals surface area contributed by atoms with Crippen molar-refractivity contribution in [2.45, 2.75) is 38.4 Å². The fraction of sp³-hybridized carbons (Fsp3) is 0.571. The van der Waals surface area contributed by atoms with Crippen LogP contribution in [0.5, 0.6) is 0 Å². The van der Waals surface area contributed by atoms with Gasteiger partial charge < -0.3 is 9.84 Å². The van der Waals surface area contributed by atoms with Gasteiger partial charge in [0.2, 0.25) is 0 Å². The quantitative estimate of drug-likeness (QED) is 0.798. The lowest BCUT2D eigenvalue weighted by Gasteiger charge is -2.23. The summed E-state index contributed by atoms with van der Waals surface area (Å²) in [6.07, 6.45) is 2.89. The lowest BCUT2D eigenvalue weighted by molar-refractivity contribution is -0.0399. The molecule has 2 rings (SSSR count). The molecule has 2 atom stereocenters. The molecule has 88 valence electrons. The molecular formula is C14H20O2. The van der Waals surface area contributed by atoms with Crippen molar-refractivity contribution < 1.29 is 9.84 Å². The van der Waals surface area contributed by atoms with Crippen LogP contribution in [-0.4, -0.2) is 17.8 Å². The highest BCUT2D eigenvalue weighted by Gasteiger charge is 2.29. The maximum atomic E-state index is 10.2. The van der Waals surface area contributed by atoms with Crippen molar-refractivity contribution in [2.75, 3.05) is 6.61 Å². The van der Waals surface area contributed by atoms with E-state index in [4.69, 9.17) is 4.74 Å². The Kier molecular flexibility index (Phi) is 3.97. The topological polar surface area (TPSA) is 29.5 Å². The first-order chi connectivity index (χ1) is 7.81. The minimum absolute atomic E-state index is 0.160. The minimum atomic E-state index is -0.366. The first-order valence-corrected chi connectivity index (χ1v) is 6.16. The number of ether oxygens (including phenoxy) is 1. The molecule has 2 heteroatoms. The summed E-state index contributed by atoms with van der Waals surface area (Å²) in [5.41, 5.74) is 1.08. The third kappa shape index (κ3) is 3.06. The number of hydrogen-bond acceptors (Lipinski definition) is 2. The predicted molar refractivity (Wildman–Crippen MR) is 64.2 cm³/mol. The van der Waals surface area contributed by atoms with E-state index in [0.717, 1.165) is 17.9 Å². The van der Waals surface area contributed by atoms with Gasteiger partial charge >= 0.3 is 0 Å². The second kappa shape index (κ2) is 5.46. The van der Waals surface area contributed by atoms with E-state index in [-0.39, 0.29) is 12.2 Å². The molecule has 1 aromatic rings. The van der Waals surface area contributed by atoms with E-state index in [2.05, 4.69) is 0 Å². The van der Waals surface area contributed by atoms with Crippen molar-refractivity contribution >= 4 is 0 Å². The molecule has 16 heavy (non-hydrogen) atoms. The monoisotopic (exact) mass is 220 g/mol. The summed E-state index contributed by atoms with van der Waals surface area (Å²) in [5, 5.41) is 10.2. The first-order valence-electron chi connectivity index (χ1n) is 6.16. The highest BCUT2D eigenvalue weighted by molar-refractivity contribution is 5.18. The lowest BCUT2D eigenvalue weighted by Crippen LogP contribution is -2.22. The Morgan fingerprint density at radius 3 is 2.56 bits per heavy atom. The second-order valence-corrected chi connectivity index (χ2v) is 4.53. The molecule has 2 nitrogen and oxygen atoms in total. The van der Waals surface area contributed by atoms with Crippen LogP contribution in [0.1, 0.15) is 37.9 Å². The van der Waals surface area contributed by atoms with E-state index in [1.807, 2.05) is 37.3 Å². The molecule has 0 spiro atoms. The molecule has 2 unspecified atom stereocenters. The van der Waals surface area contributed by atoms with Crippen LogP contribution in [0, 0.1) is 5.92 Å². The van der Waals surface area contributed by atoms with Crippen molar-refractivity contribution in [3.63, 3.8) is 0 Å². The molecule has 1 aliphatic carbocycles. The standard InChI is InChI=1S/C14H20O2/c1-2-16-14(12-6-4-3-5-7-12)13(15)10-11-8-9-11/h3-7,11,13-15H,2,8-10H2,1H3. The normalized spacial score (nSPS) is 19.4. The molecule has 0 saturated heterocycles. The van der Waals surface area contributed by atoms with Gasteiger partial charge in [0, 0.05) is 6.61 Å². The van der Waals surface area contributed by atoms with Gasteiger partial charge in [-0.3, -0.25) is 0 Å². The predicted octanol–water partition coefficient (Wildman–Crippen LogP) is 2.93. The largest absolute Gasteiger partial charge is 0.390 e. The van der Waals surface area contributed by atoms with Crippen molar-refractivity contribution in [3.8, 4) is 0 Å². The van der Waals surface area contributed by atoms with Gasteiger partial charge in [-0.2, -0.15) is 0 Å². The molecule has 1 N–H and O–H groups in total. The first kappa shape index (κ1) is 11.6. The Hall–Kier alpha value is -0.860. The van der Waals surface area contributed by atoms with Gasteiger partial charge in [-0.25, -0.2) is 0 Å². The third-order valence-electron chi connectivity index (χ3n) is 3.10. The number of rotatable bonds is 6. The SMILES string of the molecule is CCOC(c1ccccc1)C(O)CC1CC1. The molecular weight excluding hydrogens is 200 g/mol. The van der Waals surface area contributed by atoms with Crippen LogP contribution < -0.4 is 0 Å². The van der Waals surface area contributed by atoms with Crippen molar-refractivity contribution in [2.24, 2.45) is 5.92 Å². The van der Waals surface area contributed by atoms with Gasteiger partial charge in [0.25, 0.3) is 0 Å². The molecule has 0 radical (unpaired) electrons. The summed E-state index contributed by atoms with van der Waals surface area (Å²) in [6.45, 7) is 2.61. The molecule has 0 aliphatic heterocycles. The van der Waals surface area contributed by atoms with Crippen LogP contribution in [0.25, 0.3) is 0 Å². The Morgan fingerprint density at radius 2 is 2.00 bits per heavy atom. The number of aliphatic hydroxyl groups excluding tert-OH is 1. The molecule has 1 saturated carbocycles. The molecule has 0 heterocycles. The van der Waals surface area contributed by atoms with Crippen LogP contribution in [-0.2, 0) is 4.74 Å². The third-order valence-corrected chi connectivity index (χ3v) is 3.10. The smallest absolute Gasteiger partial charge is 0.108 e. The highest BCUT2D eigenvalue weighted by atomic mass is 16.5. The van der Waals surface area contributed by atoms with Gasteiger partial charge in [0.1, 0.15) is 6.10 Å². The summed E-state index contributed by atoms with van der Waals surface area (Å²) in [4.78, 5) is 0. The molecule has 1 aromatic carbocycles. The molecule has 1 fully saturated rings. The zero-order valence-corrected chi connectivity index (χ0v) is 9.80. The Bertz CT molecular complexity index is 306. The van der Waals surface area contributed by atoms with E-state index < -0.39 is 0 Å². The molecule has 0 aromatic heterocycles. The summed E-state index contributed by atoms with van der Waals surface area (Å²) in [7, 11) is 0. The Balaban J connectivity index is 2.03. The van der Waals surface area contributed by atoms with Crippen LogP contribution in [0.2, 0.25) is 0 Å². The molecule has 0 bridgehead atoms. The summed E-state index contributed by atoms with van der Waals surface area (Å²) < 4.78 is 5.67. The zero-order valence-electron chi connectivity index (χ0n) is 9.80. The summed E-state index contributed by atoms with van der Waals surface area (Å²) in [6, 6.07) is 10.0. The van der Waals surface area contributed by atoms with Gasteiger partial charge in [-0.1, -0.05) is 43.2 Å².